The van der Waals surface area contributed by atoms with Crippen LogP contribution in [0.3, 0.4) is 0 Å². The van der Waals surface area contributed by atoms with Gasteiger partial charge < -0.3 is 9.47 Å². The minimum absolute atomic E-state index is 0.121. The van der Waals surface area contributed by atoms with Gasteiger partial charge in [0, 0.05) is 53.1 Å². The summed E-state index contributed by atoms with van der Waals surface area (Å²) in [5, 5.41) is 42.8. The highest BCUT2D eigenvalue weighted by Crippen LogP contribution is 2.67. The lowest BCUT2D eigenvalue weighted by Gasteiger charge is -2.35. The van der Waals surface area contributed by atoms with Gasteiger partial charge in [0.15, 0.2) is 11.1 Å². The molecule has 0 fully saturated rings. The van der Waals surface area contributed by atoms with Gasteiger partial charge in [0.1, 0.15) is 43.4 Å². The van der Waals surface area contributed by atoms with Crippen molar-refractivity contribution in [1.29, 1.82) is 21.0 Å². The fraction of sp³-hybridized carbons (Fsp3) is 0.411. The van der Waals surface area contributed by atoms with E-state index in [0.717, 1.165) is 293 Å². The number of carbonyl (C=O) groups excluding carboxylic acids is 2. The Kier molecular flexibility index (Phi) is 33.2. The first-order valence-electron chi connectivity index (χ1n) is 48.5. The minimum atomic E-state index is -0.932. The number of esters is 2. The molecular weight excluding hydrogens is 1780 g/mol. The molecular formula is C112H120N6O6S8. The van der Waals surface area contributed by atoms with Gasteiger partial charge in [-0.05, 0) is 204 Å². The zero-order valence-electron chi connectivity index (χ0n) is 77.7. The lowest BCUT2D eigenvalue weighted by molar-refractivity contribution is 0.0494. The molecule has 0 saturated carbocycles. The van der Waals surface area contributed by atoms with Crippen LogP contribution in [0.4, 0.5) is 0 Å². The molecule has 0 N–H and O–H groups in total. The number of carbonyl (C=O) groups is 2. The van der Waals surface area contributed by atoms with Crippen LogP contribution in [0.25, 0.3) is 83.9 Å². The molecule has 0 spiro atoms. The summed E-state index contributed by atoms with van der Waals surface area (Å²) < 4.78 is 18.5. The van der Waals surface area contributed by atoms with Crippen LogP contribution in [0, 0.1) is 45.3 Å². The summed E-state index contributed by atoms with van der Waals surface area (Å²) in [6.07, 6.45) is 38.6. The fourth-order valence-corrected chi connectivity index (χ4v) is 29.4. The molecule has 0 unspecified atom stereocenters. The van der Waals surface area contributed by atoms with E-state index in [4.69, 9.17) is 9.47 Å². The number of aryl methyl sites for hydroxylation is 4. The third-order valence-electron chi connectivity index (χ3n) is 26.5. The van der Waals surface area contributed by atoms with Crippen molar-refractivity contribution >= 4 is 146 Å². The number of nitriles is 4. The monoisotopic (exact) mass is 1900 g/mol. The van der Waals surface area contributed by atoms with Gasteiger partial charge >= 0.3 is 11.9 Å². The maximum Gasteiger partial charge on any atom is 0.348 e. The largest absolute Gasteiger partial charge is 0.462 e. The SMILES string of the molecule is CCCCCCCCOC(=O)c1cc2c(-c3cc4c(s3)-c3cc5c(cc3C4(c3ccc(CCCCCC)cc3)c3ccc(CCCCCC)cc3)-c3sc(-c4sc(/C=c6/sc(=C(C#N)C#N)n(CC)c6=O)c6sc(C(=O)OCCCCCCCC)cc46)cc3C5(c3ccc(CCCCCC)cc3)c3ccc(CCCCCC)cc3)sc(/C=c3\sc(=C(C#N)C#N)n(CC)c3=O)c2s1. The predicted octanol–water partition coefficient (Wildman–Crippen LogP) is 28.5. The molecule has 15 rings (SSSR count). The molecule has 8 aromatic heterocycles. The zero-order valence-corrected chi connectivity index (χ0v) is 84.2. The van der Waals surface area contributed by atoms with Gasteiger partial charge in [0.2, 0.25) is 0 Å². The molecule has 2 aliphatic carbocycles. The van der Waals surface area contributed by atoms with Crippen molar-refractivity contribution in [1.82, 2.24) is 9.13 Å². The van der Waals surface area contributed by atoms with E-state index in [2.05, 4.69) is 187 Å². The van der Waals surface area contributed by atoms with Crippen LogP contribution >= 0.6 is 90.7 Å². The van der Waals surface area contributed by atoms with Gasteiger partial charge in [-0.3, -0.25) is 18.7 Å². The van der Waals surface area contributed by atoms with Crippen LogP contribution in [-0.2, 0) is 59.1 Å². The van der Waals surface area contributed by atoms with Crippen molar-refractivity contribution in [3.05, 3.63) is 259 Å². The second kappa shape index (κ2) is 45.4. The molecule has 12 nitrogen and oxygen atoms in total. The van der Waals surface area contributed by atoms with E-state index in [1.54, 1.807) is 45.3 Å². The quantitative estimate of drug-likeness (QED) is 0.0262. The van der Waals surface area contributed by atoms with E-state index in [-0.39, 0.29) is 47.3 Å². The first-order valence-corrected chi connectivity index (χ1v) is 55.0. The predicted molar refractivity (Wildman–Crippen MR) is 556 cm³/mol. The van der Waals surface area contributed by atoms with Gasteiger partial charge in [-0.25, -0.2) is 9.59 Å². The molecule has 132 heavy (non-hydrogen) atoms. The first-order chi connectivity index (χ1) is 64.6. The highest BCUT2D eigenvalue weighted by atomic mass is 32.1. The average molecular weight is 1900 g/mol. The molecule has 13 aromatic rings. The number of thiophene rings is 6. The second-order valence-corrected chi connectivity index (χ2v) is 43.8. The topological polar surface area (TPSA) is 192 Å². The molecule has 0 aliphatic heterocycles. The third kappa shape index (κ3) is 20.0. The summed E-state index contributed by atoms with van der Waals surface area (Å²) in [6, 6.07) is 60.6. The number of thiazole rings is 2. The molecule has 0 bridgehead atoms. The van der Waals surface area contributed by atoms with E-state index in [1.807, 2.05) is 38.1 Å². The smallest absolute Gasteiger partial charge is 0.348 e. The Morgan fingerprint density at radius 3 is 0.932 bits per heavy atom. The van der Waals surface area contributed by atoms with Crippen molar-refractivity contribution in [3.63, 3.8) is 0 Å². The second-order valence-electron chi connectivity index (χ2n) is 35.4. The van der Waals surface area contributed by atoms with Crippen molar-refractivity contribution in [2.24, 2.45) is 0 Å². The Labute approximate surface area is 809 Å². The molecule has 2 aliphatic rings. The molecule has 8 heterocycles. The van der Waals surface area contributed by atoms with Crippen LogP contribution < -0.4 is 29.5 Å². The highest BCUT2D eigenvalue weighted by molar-refractivity contribution is 7.31. The summed E-state index contributed by atoms with van der Waals surface area (Å²) in [7, 11) is 0. The summed E-state index contributed by atoms with van der Waals surface area (Å²) >= 11 is 11.8. The lowest BCUT2D eigenvalue weighted by atomic mass is 9.65. The molecule has 0 saturated heterocycles. The van der Waals surface area contributed by atoms with Crippen molar-refractivity contribution in [3.8, 4) is 64.7 Å². The van der Waals surface area contributed by atoms with Crippen LogP contribution in [0.15, 0.2) is 143 Å². The van der Waals surface area contributed by atoms with Gasteiger partial charge in [0.05, 0.1) is 52.3 Å². The average Bonchev–Trinajstić information content (AvgIpc) is 1.50. The van der Waals surface area contributed by atoms with E-state index in [9.17, 15) is 40.2 Å². The Morgan fingerprint density at radius 1 is 0.341 bits per heavy atom. The van der Waals surface area contributed by atoms with E-state index in [0.29, 0.717) is 41.4 Å². The summed E-state index contributed by atoms with van der Waals surface area (Å²) in [5.74, 6) is -0.759. The standard InChI is InChI=1S/C112H120N6O6S8/c1-9-17-23-29-31-37-59-123-109(121)97-63-85-101(127-93(103(85)129-97)67-95-105(119)117(15-7)107(131-95)77(69-113)70-114)91-65-89-99(125-91)83-61-88-84(62-87(83)111(89,79-51-43-73(44-52-79)39-33-25-19-11-3)80-53-45-74(46-54-80)40-34-26-20-12-4)100-90(112(88,81-55-47-75(48-56-81)41-35-27-21-13-5)82-57-49-76(50-58-82)42-36-28-22-14-6)66-92(126-100)102-86-64-98(110(122)124-60-38-32-30-24-18-10-2)130-104(86)94(128-102)68-96-106(120)118(16-8)108(132-96)78(71-115)72-116/h43-58,61-68H,9-42,59-60H2,1-8H3/b95-67-,96-68+. The number of hydrogen-bond donors (Lipinski definition) is 0. The van der Waals surface area contributed by atoms with Gasteiger partial charge in [-0.2, -0.15) is 21.0 Å². The molecule has 0 radical (unpaired) electrons. The maximum atomic E-state index is 14.7. The molecule has 682 valence electrons. The summed E-state index contributed by atoms with van der Waals surface area (Å²) in [6.45, 7) is 18.3. The minimum Gasteiger partial charge on any atom is -0.462 e. The fourth-order valence-electron chi connectivity index (χ4n) is 19.5. The number of fused-ring (bicyclic) bond motifs is 8. The van der Waals surface area contributed by atoms with Crippen LogP contribution in [-0.4, -0.2) is 34.3 Å². The molecule has 5 aromatic carbocycles. The summed E-state index contributed by atoms with van der Waals surface area (Å²) in [4.78, 5) is 67.5. The number of rotatable bonds is 46. The third-order valence-corrected chi connectivity index (χ3v) is 36.4. The van der Waals surface area contributed by atoms with Crippen molar-refractivity contribution in [2.45, 2.75) is 285 Å². The van der Waals surface area contributed by atoms with Gasteiger partial charge in [0.25, 0.3) is 11.1 Å². The van der Waals surface area contributed by atoms with Crippen molar-refractivity contribution < 1.29 is 19.1 Å². The number of nitrogens with zero attached hydrogens (tertiary/aromatic N) is 6. The maximum absolute atomic E-state index is 14.7. The van der Waals surface area contributed by atoms with Gasteiger partial charge in [-0.1, -0.05) is 280 Å². The number of aromatic nitrogens is 2. The van der Waals surface area contributed by atoms with Gasteiger partial charge in [-0.15, -0.1) is 90.7 Å². The number of benzene rings is 5. The molecule has 0 atom stereocenters. The van der Waals surface area contributed by atoms with E-state index >= 15 is 0 Å². The van der Waals surface area contributed by atoms with E-state index in [1.165, 1.54) is 104 Å². The molecule has 20 heteroatoms. The Hall–Kier alpha value is -9.94. The van der Waals surface area contributed by atoms with Crippen LogP contribution in [0.2, 0.25) is 0 Å². The highest BCUT2D eigenvalue weighted by Gasteiger charge is 2.54. The van der Waals surface area contributed by atoms with Crippen LogP contribution in [0.1, 0.15) is 331 Å². The zero-order chi connectivity index (χ0) is 92.4. The normalized spacial score (nSPS) is 13.0. The number of hydrogen-bond acceptors (Lipinski definition) is 18. The van der Waals surface area contributed by atoms with Crippen LogP contribution in [0.5, 0.6) is 0 Å². The molecule has 0 amide bonds. The van der Waals surface area contributed by atoms with Crippen molar-refractivity contribution in [2.75, 3.05) is 13.2 Å². The summed E-state index contributed by atoms with van der Waals surface area (Å²) in [5.41, 5.74) is 14.0. The van der Waals surface area contributed by atoms with E-state index < -0.39 is 10.8 Å². The number of ether oxygens (including phenoxy) is 2. The Morgan fingerprint density at radius 2 is 0.636 bits per heavy atom. The number of unbranched alkanes of at least 4 members (excludes halogenated alkanes) is 22. The first kappa shape index (κ1) is 96.6. The Balaban J connectivity index is 1.02. The Bertz CT molecular complexity index is 6320. The lowest BCUT2D eigenvalue weighted by Crippen LogP contribution is -2.31.